The highest BCUT2D eigenvalue weighted by Crippen LogP contribution is 2.26. The zero-order chi connectivity index (χ0) is 52.5. The van der Waals surface area contributed by atoms with Crippen LogP contribution in [-0.4, -0.2) is 99.6 Å². The first kappa shape index (κ1) is 66.6. The Morgan fingerprint density at radius 1 is 0.556 bits per heavy atom. The first-order valence-electron chi connectivity index (χ1n) is 28.5. The van der Waals surface area contributed by atoms with Gasteiger partial charge in [0, 0.05) is 6.42 Å². The van der Waals surface area contributed by atoms with Crippen molar-refractivity contribution < 1.29 is 49.3 Å². The molecule has 0 saturated carbocycles. The fourth-order valence-electron chi connectivity index (χ4n) is 8.18. The van der Waals surface area contributed by atoms with Gasteiger partial charge in [0.2, 0.25) is 5.91 Å². The fourth-order valence-corrected chi connectivity index (χ4v) is 8.18. The number of nitrogens with one attached hydrogen (secondary N) is 1. The molecule has 0 radical (unpaired) electrons. The van der Waals surface area contributed by atoms with Crippen LogP contribution in [-0.2, 0) is 23.8 Å². The zero-order valence-electron chi connectivity index (χ0n) is 45.3. The number of ether oxygens (including phenoxy) is 3. The summed E-state index contributed by atoms with van der Waals surface area (Å²) in [4.78, 5) is 26.4. The Hall–Kier alpha value is -3.42. The average Bonchev–Trinajstić information content (AvgIpc) is 3.38. The van der Waals surface area contributed by atoms with Gasteiger partial charge in [-0.1, -0.05) is 208 Å². The highest BCUT2D eigenvalue weighted by Gasteiger charge is 2.47. The van der Waals surface area contributed by atoms with Crippen molar-refractivity contribution in [3.8, 4) is 0 Å². The van der Waals surface area contributed by atoms with Crippen molar-refractivity contribution in [2.75, 3.05) is 13.2 Å². The van der Waals surface area contributed by atoms with Crippen molar-refractivity contribution in [2.45, 2.75) is 262 Å². The minimum Gasteiger partial charge on any atom is -0.454 e. The topological polar surface area (TPSA) is 175 Å². The Morgan fingerprint density at radius 2 is 1.00 bits per heavy atom. The largest absolute Gasteiger partial charge is 0.454 e. The summed E-state index contributed by atoms with van der Waals surface area (Å²) in [5, 5.41) is 56.7. The monoisotopic (exact) mass is 1010 g/mol. The second-order valence-electron chi connectivity index (χ2n) is 19.3. The number of allylic oxidation sites excluding steroid dienone is 15. The number of unbranched alkanes of at least 4 members (excludes halogenated alkanes) is 18. The maximum Gasteiger partial charge on any atom is 0.306 e. The molecule has 1 aliphatic heterocycles. The first-order chi connectivity index (χ1) is 35.2. The van der Waals surface area contributed by atoms with Crippen LogP contribution in [0.25, 0.3) is 0 Å². The predicted molar refractivity (Wildman–Crippen MR) is 296 cm³/mol. The second-order valence-corrected chi connectivity index (χ2v) is 19.3. The number of hydrogen-bond acceptors (Lipinski definition) is 10. The van der Waals surface area contributed by atoms with E-state index in [9.17, 15) is 35.1 Å². The smallest absolute Gasteiger partial charge is 0.306 e. The number of amides is 1. The lowest BCUT2D eigenvalue weighted by Gasteiger charge is -2.41. The van der Waals surface area contributed by atoms with Crippen LogP contribution in [0.5, 0.6) is 0 Å². The van der Waals surface area contributed by atoms with Crippen LogP contribution < -0.4 is 5.32 Å². The Morgan fingerprint density at radius 3 is 1.53 bits per heavy atom. The quantitative estimate of drug-likeness (QED) is 0.0196. The van der Waals surface area contributed by atoms with Gasteiger partial charge in [-0.25, -0.2) is 0 Å². The third-order valence-electron chi connectivity index (χ3n) is 12.7. The van der Waals surface area contributed by atoms with Gasteiger partial charge in [0.15, 0.2) is 12.4 Å². The van der Waals surface area contributed by atoms with Gasteiger partial charge in [0.25, 0.3) is 0 Å². The van der Waals surface area contributed by atoms with Crippen LogP contribution in [0.4, 0.5) is 0 Å². The normalized spacial score (nSPS) is 20.2. The Kier molecular flexibility index (Phi) is 44.9. The van der Waals surface area contributed by atoms with Crippen molar-refractivity contribution in [1.82, 2.24) is 5.32 Å². The Balaban J connectivity index is 2.81. The number of carbonyl (C=O) groups excluding carboxylic acids is 2. The molecule has 0 aromatic rings. The standard InChI is InChI=1S/C61H103NO10/c1-4-7-10-13-16-19-22-25-27-28-30-33-36-39-42-45-48-54(65)60(69)62-52(53(64)47-44-41-38-35-32-29-24-21-18-15-12-9-6-3)51-70-61-59(58(68)57(67)55(50-63)71-61)72-56(66)49-46-43-40-37-34-31-26-23-20-17-14-11-8-5-2/h8,11,16-17,19-20,25-27,30-31,33,39,42,44,47,52-55,57-59,61,63-65,67-68H,4-7,9-10,12-15,18,21-24,28-29,32,34-38,40-41,43,45-46,48-51H2,1-3H3,(H,62,69)/b11-8+,19-16-,20-17+,27-25-,31-26+,33-30-,42-39-,47-44+. The van der Waals surface area contributed by atoms with Crippen LogP contribution in [0.15, 0.2) is 97.2 Å². The number of carbonyl (C=O) groups is 2. The first-order valence-corrected chi connectivity index (χ1v) is 28.5. The zero-order valence-corrected chi connectivity index (χ0v) is 45.3. The summed E-state index contributed by atoms with van der Waals surface area (Å²) < 4.78 is 17.5. The lowest BCUT2D eigenvalue weighted by atomic mass is 9.99. The van der Waals surface area contributed by atoms with Crippen molar-refractivity contribution in [3.63, 3.8) is 0 Å². The SMILES string of the molecule is CC/C=C/C/C=C/C/C=C/CCCCCCC(=O)OC1C(OCC(NC(=O)C(O)CC/C=C\C/C=C\C/C=C\C/C=C\CCCCC)C(O)/C=C/CCCCCCCCCCCCC)OC(CO)C(O)C1O. The molecule has 0 aromatic heterocycles. The third-order valence-corrected chi connectivity index (χ3v) is 12.7. The molecule has 1 amide bonds. The highest BCUT2D eigenvalue weighted by atomic mass is 16.7. The minimum atomic E-state index is -1.64. The third kappa shape index (κ3) is 36.5. The number of hydrogen-bond donors (Lipinski definition) is 6. The summed E-state index contributed by atoms with van der Waals surface area (Å²) in [6.45, 7) is 5.57. The Labute approximate surface area is 437 Å². The summed E-state index contributed by atoms with van der Waals surface area (Å²) in [6.07, 6.45) is 53.1. The fraction of sp³-hybridized carbons (Fsp3) is 0.705. The summed E-state index contributed by atoms with van der Waals surface area (Å²) >= 11 is 0. The minimum absolute atomic E-state index is 0.0861. The van der Waals surface area contributed by atoms with Gasteiger partial charge in [-0.05, 0) is 96.3 Å². The summed E-state index contributed by atoms with van der Waals surface area (Å²) in [5.74, 6) is -1.29. The van der Waals surface area contributed by atoms with E-state index in [0.717, 1.165) is 96.3 Å². The molecule has 8 atom stereocenters. The molecule has 0 spiro atoms. The molecule has 1 fully saturated rings. The van der Waals surface area contributed by atoms with E-state index in [-0.39, 0.29) is 19.4 Å². The number of aliphatic hydroxyl groups excluding tert-OH is 5. The summed E-state index contributed by atoms with van der Waals surface area (Å²) in [5.41, 5.74) is 0. The van der Waals surface area contributed by atoms with E-state index in [1.54, 1.807) is 6.08 Å². The maximum absolute atomic E-state index is 13.4. The van der Waals surface area contributed by atoms with E-state index < -0.39 is 67.4 Å². The number of aliphatic hydroxyl groups is 5. The van der Waals surface area contributed by atoms with E-state index in [0.29, 0.717) is 12.8 Å². The van der Waals surface area contributed by atoms with E-state index in [4.69, 9.17) is 14.2 Å². The molecule has 1 rings (SSSR count). The van der Waals surface area contributed by atoms with Gasteiger partial charge < -0.3 is 45.1 Å². The molecule has 0 bridgehead atoms. The second kappa shape index (κ2) is 48.5. The van der Waals surface area contributed by atoms with E-state index in [1.165, 1.54) is 70.6 Å². The number of rotatable bonds is 46. The van der Waals surface area contributed by atoms with Crippen LogP contribution in [0.2, 0.25) is 0 Å². The Bertz CT molecular complexity index is 1530. The van der Waals surface area contributed by atoms with Crippen LogP contribution in [0.3, 0.4) is 0 Å². The molecule has 0 aliphatic carbocycles. The van der Waals surface area contributed by atoms with Gasteiger partial charge in [-0.3, -0.25) is 9.59 Å². The van der Waals surface area contributed by atoms with Crippen LogP contribution in [0.1, 0.15) is 213 Å². The lowest BCUT2D eigenvalue weighted by molar-refractivity contribution is -0.305. The van der Waals surface area contributed by atoms with Crippen LogP contribution >= 0.6 is 0 Å². The maximum atomic E-state index is 13.4. The van der Waals surface area contributed by atoms with E-state index in [1.807, 2.05) is 18.2 Å². The summed E-state index contributed by atoms with van der Waals surface area (Å²) in [6, 6.07) is -1.06. The molecule has 8 unspecified atom stereocenters. The predicted octanol–water partition coefficient (Wildman–Crippen LogP) is 12.8. The number of esters is 1. The molecule has 1 aliphatic rings. The van der Waals surface area contributed by atoms with Crippen molar-refractivity contribution in [2.24, 2.45) is 0 Å². The molecule has 1 heterocycles. The van der Waals surface area contributed by atoms with E-state index in [2.05, 4.69) is 99.0 Å². The van der Waals surface area contributed by atoms with Crippen LogP contribution in [0, 0.1) is 0 Å². The van der Waals surface area contributed by atoms with Crippen molar-refractivity contribution >= 4 is 11.9 Å². The molecule has 6 N–H and O–H groups in total. The highest BCUT2D eigenvalue weighted by molar-refractivity contribution is 5.80. The van der Waals surface area contributed by atoms with Gasteiger partial charge in [-0.15, -0.1) is 0 Å². The molecule has 1 saturated heterocycles. The molecule has 72 heavy (non-hydrogen) atoms. The lowest BCUT2D eigenvalue weighted by Crippen LogP contribution is -2.61. The summed E-state index contributed by atoms with van der Waals surface area (Å²) in [7, 11) is 0. The average molecular weight is 1010 g/mol. The molecular weight excluding hydrogens is 907 g/mol. The van der Waals surface area contributed by atoms with Gasteiger partial charge in [-0.2, -0.15) is 0 Å². The van der Waals surface area contributed by atoms with Crippen molar-refractivity contribution in [1.29, 1.82) is 0 Å². The van der Waals surface area contributed by atoms with Gasteiger partial charge in [0.05, 0.1) is 25.4 Å². The molecule has 11 heteroatoms. The van der Waals surface area contributed by atoms with Crippen molar-refractivity contribution in [3.05, 3.63) is 97.2 Å². The van der Waals surface area contributed by atoms with E-state index >= 15 is 0 Å². The van der Waals surface area contributed by atoms with Gasteiger partial charge in [0.1, 0.15) is 24.4 Å². The molecule has 0 aromatic carbocycles. The molecular formula is C61H103NO10. The molecule has 11 nitrogen and oxygen atoms in total. The molecule has 412 valence electrons. The van der Waals surface area contributed by atoms with Gasteiger partial charge >= 0.3 is 5.97 Å².